The standard InChI is InChI=1S/C25H21F2NO2.C18H20O2.C7H3F2NO.C2H6.CH2Cl2/c1-2-3-4-5-17-6-8-18(9-7-17)19-10-12-20(13-11-19)25(29)30-21-14-23(26)22(16-28)24(27)15-21;1-2-3-4-5-14-6-8-15(9-7-14)16-10-12-17(13-11-16)18(19)20;8-6-1-4(11)2-7(9)5(6)3-10;1-2;2-1-3/h6-15H,2-5H2,1H3;6-13H,2-5H2,1H3,(H,19,20);1-2,11H;1-2H3;1H2. The van der Waals surface area contributed by atoms with Crippen molar-refractivity contribution in [3.8, 4) is 45.9 Å². The number of rotatable bonds is 13. The van der Waals surface area contributed by atoms with Gasteiger partial charge in [-0.2, -0.15) is 10.5 Å². The maximum atomic E-state index is 13.7. The largest absolute Gasteiger partial charge is 0.508 e. The number of carbonyl (C=O) groups excluding carboxylic acids is 1. The number of unbranched alkanes of at least 4 members (excludes halogenated alkanes) is 4. The molecule has 0 heterocycles. The van der Waals surface area contributed by atoms with E-state index in [2.05, 4.69) is 62.4 Å². The van der Waals surface area contributed by atoms with Gasteiger partial charge in [-0.05, 0) is 83.3 Å². The Morgan fingerprint density at radius 3 is 1.20 bits per heavy atom. The van der Waals surface area contributed by atoms with Gasteiger partial charge in [0.05, 0.1) is 16.5 Å². The zero-order chi connectivity index (χ0) is 49.0. The SMILES string of the molecule is CC.CCCCCc1ccc(-c2ccc(C(=O)O)cc2)cc1.CCCCCc1ccc(-c2ccc(C(=O)Oc3cc(F)c(C#N)c(F)c3)cc2)cc1.ClCCl.N#Cc1c(F)cc(O)cc1F. The highest BCUT2D eigenvalue weighted by atomic mass is 35.5. The molecule has 2 N–H and O–H groups in total. The Kier molecular flexibility index (Phi) is 25.6. The van der Waals surface area contributed by atoms with Gasteiger partial charge < -0.3 is 14.9 Å². The zero-order valence-electron chi connectivity index (χ0n) is 37.2. The van der Waals surface area contributed by atoms with Gasteiger partial charge in [0, 0.05) is 24.3 Å². The fourth-order valence-corrected chi connectivity index (χ4v) is 6.04. The maximum Gasteiger partial charge on any atom is 0.343 e. The minimum Gasteiger partial charge on any atom is -0.508 e. The Morgan fingerprint density at radius 1 is 0.561 bits per heavy atom. The van der Waals surface area contributed by atoms with Gasteiger partial charge in [0.1, 0.15) is 58.0 Å². The fraction of sp³-hybridized carbons (Fsp3) is 0.245. The quantitative estimate of drug-likeness (QED) is 0.0387. The molecule has 0 atom stereocenters. The summed E-state index contributed by atoms with van der Waals surface area (Å²) in [6.07, 6.45) is 9.56. The van der Waals surface area contributed by atoms with Gasteiger partial charge in [-0.3, -0.25) is 0 Å². The number of benzene rings is 6. The van der Waals surface area contributed by atoms with Crippen LogP contribution in [0.15, 0.2) is 121 Å². The summed E-state index contributed by atoms with van der Waals surface area (Å²) in [4.78, 5) is 23.1. The van der Waals surface area contributed by atoms with Crippen molar-refractivity contribution in [1.82, 2.24) is 0 Å². The first kappa shape index (κ1) is 55.5. The number of phenols is 1. The summed E-state index contributed by atoms with van der Waals surface area (Å²) >= 11 is 9.53. The molecule has 346 valence electrons. The molecule has 0 bridgehead atoms. The lowest BCUT2D eigenvalue weighted by Gasteiger charge is -2.08. The lowest BCUT2D eigenvalue weighted by Crippen LogP contribution is -2.09. The minimum absolute atomic E-state index is 0.194. The Balaban J connectivity index is 0.000000356. The molecule has 0 unspecified atom stereocenters. The Labute approximate surface area is 394 Å². The molecular weight excluding hydrogens is 891 g/mol. The van der Waals surface area contributed by atoms with Crippen molar-refractivity contribution >= 4 is 35.1 Å². The third-order valence-corrected chi connectivity index (χ3v) is 9.44. The molecule has 0 aliphatic carbocycles. The summed E-state index contributed by atoms with van der Waals surface area (Å²) in [5.41, 5.74) is 6.01. The lowest BCUT2D eigenvalue weighted by atomic mass is 10.0. The zero-order valence-corrected chi connectivity index (χ0v) is 38.7. The van der Waals surface area contributed by atoms with Gasteiger partial charge in [0.15, 0.2) is 0 Å². The summed E-state index contributed by atoms with van der Waals surface area (Å²) in [5.74, 6) is -6.70. The number of ether oxygens (including phenoxy) is 1. The van der Waals surface area contributed by atoms with Gasteiger partial charge in [0.25, 0.3) is 0 Å². The average molecular weight is 944 g/mol. The van der Waals surface area contributed by atoms with Gasteiger partial charge in [-0.15, -0.1) is 23.2 Å². The molecule has 13 heteroatoms. The number of nitriles is 2. The van der Waals surface area contributed by atoms with Crippen LogP contribution >= 0.6 is 23.2 Å². The highest BCUT2D eigenvalue weighted by Gasteiger charge is 2.15. The van der Waals surface area contributed by atoms with E-state index in [9.17, 15) is 27.2 Å². The molecule has 6 aromatic rings. The van der Waals surface area contributed by atoms with Crippen molar-refractivity contribution in [2.24, 2.45) is 0 Å². The van der Waals surface area contributed by atoms with E-state index < -0.39 is 52.1 Å². The molecule has 66 heavy (non-hydrogen) atoms. The van der Waals surface area contributed by atoms with Gasteiger partial charge >= 0.3 is 11.9 Å². The molecule has 6 aromatic carbocycles. The number of aromatic carboxylic acids is 1. The number of alkyl halides is 2. The van der Waals surface area contributed by atoms with Crippen molar-refractivity contribution in [3.05, 3.63) is 178 Å². The number of halogens is 6. The predicted molar refractivity (Wildman–Crippen MR) is 254 cm³/mol. The maximum absolute atomic E-state index is 13.7. The van der Waals surface area contributed by atoms with E-state index in [1.54, 1.807) is 36.4 Å². The number of hydrogen-bond acceptors (Lipinski definition) is 6. The Morgan fingerprint density at radius 2 is 0.879 bits per heavy atom. The van der Waals surface area contributed by atoms with E-state index in [4.69, 9.17) is 48.7 Å². The Bertz CT molecular complexity index is 2460. The first-order valence-corrected chi connectivity index (χ1v) is 22.3. The number of phenolic OH excluding ortho intramolecular Hbond substituents is 1. The normalized spacial score (nSPS) is 9.82. The number of carbonyl (C=O) groups is 2. The molecule has 7 nitrogen and oxygen atoms in total. The topological polar surface area (TPSA) is 131 Å². The van der Waals surface area contributed by atoms with Gasteiger partial charge in [-0.25, -0.2) is 27.2 Å². The third kappa shape index (κ3) is 18.4. The van der Waals surface area contributed by atoms with Crippen LogP contribution in [-0.2, 0) is 12.8 Å². The highest BCUT2D eigenvalue weighted by molar-refractivity contribution is 6.40. The smallest absolute Gasteiger partial charge is 0.343 e. The number of aryl methyl sites for hydroxylation is 2. The van der Waals surface area contributed by atoms with Gasteiger partial charge in [0.2, 0.25) is 0 Å². The second-order valence-corrected chi connectivity index (χ2v) is 14.8. The average Bonchev–Trinajstić information content (AvgIpc) is 3.31. The van der Waals surface area contributed by atoms with Crippen LogP contribution < -0.4 is 4.74 Å². The number of esters is 1. The van der Waals surface area contributed by atoms with E-state index >= 15 is 0 Å². The van der Waals surface area contributed by atoms with E-state index in [1.807, 2.05) is 26.0 Å². The molecule has 0 radical (unpaired) electrons. The predicted octanol–water partition coefficient (Wildman–Crippen LogP) is 15.2. The summed E-state index contributed by atoms with van der Waals surface area (Å²) in [7, 11) is 0. The summed E-state index contributed by atoms with van der Waals surface area (Å²) in [5, 5.41) is 34.6. The molecule has 0 aromatic heterocycles. The second kappa shape index (κ2) is 30.5. The van der Waals surface area contributed by atoms with Crippen molar-refractivity contribution in [2.75, 3.05) is 5.34 Å². The van der Waals surface area contributed by atoms with Crippen LogP contribution in [0.1, 0.15) is 109 Å². The van der Waals surface area contributed by atoms with Crippen molar-refractivity contribution in [2.45, 2.75) is 79.1 Å². The molecule has 0 fully saturated rings. The van der Waals surface area contributed by atoms with E-state index in [-0.39, 0.29) is 16.7 Å². The summed E-state index contributed by atoms with van der Waals surface area (Å²) < 4.78 is 57.4. The van der Waals surface area contributed by atoms with Crippen LogP contribution in [0, 0.1) is 45.9 Å². The molecule has 0 amide bonds. The molecule has 0 aliphatic rings. The number of aromatic hydroxyl groups is 1. The monoisotopic (exact) mass is 942 g/mol. The van der Waals surface area contributed by atoms with Gasteiger partial charge in [-0.1, -0.05) is 126 Å². The van der Waals surface area contributed by atoms with Crippen molar-refractivity contribution in [3.63, 3.8) is 0 Å². The lowest BCUT2D eigenvalue weighted by molar-refractivity contribution is 0.0694. The van der Waals surface area contributed by atoms with Crippen molar-refractivity contribution in [1.29, 1.82) is 10.5 Å². The Hall–Kier alpha value is -6.66. The molecule has 0 spiro atoms. The van der Waals surface area contributed by atoms with Crippen molar-refractivity contribution < 1.29 is 42.1 Å². The van der Waals surface area contributed by atoms with Crippen LogP contribution in [0.3, 0.4) is 0 Å². The second-order valence-electron chi connectivity index (χ2n) is 14.0. The number of carboxylic acid groups (broad SMARTS) is 1. The van der Waals surface area contributed by atoms with Crippen LogP contribution in [0.5, 0.6) is 11.5 Å². The molecule has 0 saturated heterocycles. The van der Waals surface area contributed by atoms with Crippen LogP contribution in [0.25, 0.3) is 22.3 Å². The molecule has 0 aliphatic heterocycles. The van der Waals surface area contributed by atoms with E-state index in [0.29, 0.717) is 17.7 Å². The fourth-order valence-electron chi connectivity index (χ4n) is 6.04. The number of nitrogens with zero attached hydrogens (tertiary/aromatic N) is 2. The molecule has 6 rings (SSSR count). The van der Waals surface area contributed by atoms with Crippen LogP contribution in [0.2, 0.25) is 0 Å². The summed E-state index contributed by atoms with van der Waals surface area (Å²) in [6, 6.07) is 36.4. The molecular formula is C53H52Cl2F4N2O5. The number of hydrogen-bond donors (Lipinski definition) is 2. The van der Waals surface area contributed by atoms with E-state index in [0.717, 1.165) is 47.2 Å². The first-order valence-electron chi connectivity index (χ1n) is 21.2. The summed E-state index contributed by atoms with van der Waals surface area (Å²) in [6.45, 7) is 8.40. The third-order valence-electron chi connectivity index (χ3n) is 9.44. The van der Waals surface area contributed by atoms with Crippen LogP contribution in [-0.4, -0.2) is 27.5 Å². The minimum atomic E-state index is -1.08. The molecule has 0 saturated carbocycles. The van der Waals surface area contributed by atoms with Crippen LogP contribution in [0.4, 0.5) is 17.6 Å². The first-order chi connectivity index (χ1) is 31.8. The number of carboxylic acids is 1. The highest BCUT2D eigenvalue weighted by Crippen LogP contribution is 2.25. The van der Waals surface area contributed by atoms with E-state index in [1.165, 1.54) is 61.8 Å².